The molecule has 0 aliphatic heterocycles. The zero-order valence-electron chi connectivity index (χ0n) is 8.13. The number of rotatable bonds is 3. The minimum atomic E-state index is 0.640. The molecule has 0 bridgehead atoms. The number of hydrogen-bond donors (Lipinski definition) is 0. The summed E-state index contributed by atoms with van der Waals surface area (Å²) in [6.07, 6.45) is 17.2. The van der Waals surface area contributed by atoms with Gasteiger partial charge in [-0.1, -0.05) is 31.1 Å². The Hall–Kier alpha value is -0.920. The van der Waals surface area contributed by atoms with Gasteiger partial charge in [0.2, 0.25) is 0 Å². The second-order valence-electron chi connectivity index (χ2n) is 3.61. The van der Waals surface area contributed by atoms with Gasteiger partial charge in [-0.05, 0) is 12.8 Å². The summed E-state index contributed by atoms with van der Waals surface area (Å²) in [5, 5.41) is 0. The topological polar surface area (TPSA) is 3.24 Å². The molecule has 1 aliphatic rings. The lowest BCUT2D eigenvalue weighted by atomic mass is 9.94. The summed E-state index contributed by atoms with van der Waals surface area (Å²) in [6.45, 7) is 1.41. The average Bonchev–Trinajstić information content (AvgIpc) is 2.19. The highest BCUT2D eigenvalue weighted by molar-refractivity contribution is 4.97. The molecule has 0 N–H and O–H groups in total. The van der Waals surface area contributed by atoms with E-state index in [1.807, 2.05) is 0 Å². The number of nitrogens with zero attached hydrogens (tertiary/aromatic N) is 1. The van der Waals surface area contributed by atoms with E-state index in [4.69, 9.17) is 12.8 Å². The lowest BCUT2D eigenvalue weighted by molar-refractivity contribution is 0.195. The molecule has 0 aromatic rings. The average molecular weight is 175 g/mol. The van der Waals surface area contributed by atoms with Gasteiger partial charge in [-0.3, -0.25) is 4.90 Å². The summed E-state index contributed by atoms with van der Waals surface area (Å²) in [7, 11) is 0. The van der Waals surface area contributed by atoms with Crippen molar-refractivity contribution in [1.29, 1.82) is 0 Å². The zero-order chi connectivity index (χ0) is 9.52. The molecule has 0 aromatic carbocycles. The van der Waals surface area contributed by atoms with E-state index in [0.29, 0.717) is 19.1 Å². The molecule has 1 fully saturated rings. The van der Waals surface area contributed by atoms with Gasteiger partial charge in [0.15, 0.2) is 0 Å². The molecule has 0 aromatic heterocycles. The van der Waals surface area contributed by atoms with E-state index in [9.17, 15) is 0 Å². The monoisotopic (exact) mass is 175 g/mol. The minimum Gasteiger partial charge on any atom is -0.278 e. The molecule has 13 heavy (non-hydrogen) atoms. The molecule has 70 valence electrons. The van der Waals surface area contributed by atoms with Crippen molar-refractivity contribution in [3.05, 3.63) is 0 Å². The maximum Gasteiger partial charge on any atom is 0.0610 e. The molecular weight excluding hydrogens is 158 g/mol. The van der Waals surface area contributed by atoms with Crippen LogP contribution < -0.4 is 0 Å². The molecule has 1 aliphatic carbocycles. The third-order valence-corrected chi connectivity index (χ3v) is 2.68. The summed E-state index contributed by atoms with van der Waals surface area (Å²) in [4.78, 5) is 2.25. The largest absolute Gasteiger partial charge is 0.278 e. The molecule has 1 heteroatoms. The first-order chi connectivity index (χ1) is 6.38. The van der Waals surface area contributed by atoms with Crippen molar-refractivity contribution in [1.82, 2.24) is 4.90 Å². The Balaban J connectivity index is 2.43. The Kier molecular flexibility index (Phi) is 4.44. The molecule has 1 nitrogen and oxygen atoms in total. The van der Waals surface area contributed by atoms with Crippen LogP contribution in [0, 0.1) is 24.7 Å². The molecule has 1 saturated carbocycles. The van der Waals surface area contributed by atoms with Crippen LogP contribution in [0.3, 0.4) is 0 Å². The van der Waals surface area contributed by atoms with E-state index in [2.05, 4.69) is 16.7 Å². The van der Waals surface area contributed by atoms with Crippen LogP contribution in [-0.2, 0) is 0 Å². The summed E-state index contributed by atoms with van der Waals surface area (Å²) < 4.78 is 0. The van der Waals surface area contributed by atoms with Crippen molar-refractivity contribution in [3.63, 3.8) is 0 Å². The van der Waals surface area contributed by atoms with Crippen LogP contribution in [0.2, 0.25) is 0 Å². The van der Waals surface area contributed by atoms with Gasteiger partial charge in [-0.15, -0.1) is 12.8 Å². The summed E-state index contributed by atoms with van der Waals surface area (Å²) in [6, 6.07) is 0.640. The Labute approximate surface area is 81.5 Å². The molecular formula is C12H17N. The first-order valence-electron chi connectivity index (χ1n) is 4.99. The minimum absolute atomic E-state index is 0.640. The predicted octanol–water partition coefficient (Wildman–Crippen LogP) is 1.89. The van der Waals surface area contributed by atoms with Crippen LogP contribution in [0.4, 0.5) is 0 Å². The standard InChI is InChI=1S/C12H17N/c1-3-10-13(11-4-2)12-8-6-5-7-9-12/h1-2,12H,5-11H2. The van der Waals surface area contributed by atoms with Gasteiger partial charge in [-0.2, -0.15) is 0 Å². The highest BCUT2D eigenvalue weighted by Gasteiger charge is 2.19. The van der Waals surface area contributed by atoms with E-state index in [1.165, 1.54) is 32.1 Å². The molecule has 0 saturated heterocycles. The lowest BCUT2D eigenvalue weighted by Gasteiger charge is -2.31. The van der Waals surface area contributed by atoms with Gasteiger partial charge >= 0.3 is 0 Å². The molecule has 0 heterocycles. The number of terminal acetylenes is 2. The van der Waals surface area contributed by atoms with Crippen molar-refractivity contribution in [2.75, 3.05) is 13.1 Å². The van der Waals surface area contributed by atoms with Crippen LogP contribution >= 0.6 is 0 Å². The Morgan fingerprint density at radius 2 is 1.54 bits per heavy atom. The number of hydrogen-bond acceptors (Lipinski definition) is 1. The van der Waals surface area contributed by atoms with Crippen molar-refractivity contribution >= 4 is 0 Å². The van der Waals surface area contributed by atoms with E-state index < -0.39 is 0 Å². The molecule has 0 atom stereocenters. The van der Waals surface area contributed by atoms with Gasteiger partial charge in [-0.25, -0.2) is 0 Å². The quantitative estimate of drug-likeness (QED) is 0.592. The third-order valence-electron chi connectivity index (χ3n) is 2.68. The maximum atomic E-state index is 5.31. The second kappa shape index (κ2) is 5.68. The summed E-state index contributed by atoms with van der Waals surface area (Å²) in [5.41, 5.74) is 0. The van der Waals surface area contributed by atoms with E-state index in [1.54, 1.807) is 0 Å². The third kappa shape index (κ3) is 3.13. The van der Waals surface area contributed by atoms with Gasteiger partial charge < -0.3 is 0 Å². The molecule has 1 rings (SSSR count). The highest BCUT2D eigenvalue weighted by atomic mass is 15.1. The molecule has 0 unspecified atom stereocenters. The van der Waals surface area contributed by atoms with Crippen LogP contribution in [0.25, 0.3) is 0 Å². The zero-order valence-corrected chi connectivity index (χ0v) is 8.13. The fraction of sp³-hybridized carbons (Fsp3) is 0.667. The smallest absolute Gasteiger partial charge is 0.0610 e. The van der Waals surface area contributed by atoms with Gasteiger partial charge in [0.05, 0.1) is 13.1 Å². The first kappa shape index (κ1) is 10.2. The summed E-state index contributed by atoms with van der Waals surface area (Å²) in [5.74, 6) is 5.36. The Bertz CT molecular complexity index is 196. The van der Waals surface area contributed by atoms with Crippen molar-refractivity contribution < 1.29 is 0 Å². The van der Waals surface area contributed by atoms with Crippen LogP contribution in [0.1, 0.15) is 32.1 Å². The van der Waals surface area contributed by atoms with Crippen LogP contribution in [0.5, 0.6) is 0 Å². The second-order valence-corrected chi connectivity index (χ2v) is 3.61. The van der Waals surface area contributed by atoms with Crippen molar-refractivity contribution in [2.45, 2.75) is 38.1 Å². The van der Waals surface area contributed by atoms with Gasteiger partial charge in [0.25, 0.3) is 0 Å². The van der Waals surface area contributed by atoms with Crippen LogP contribution in [-0.4, -0.2) is 24.0 Å². The molecule has 0 amide bonds. The van der Waals surface area contributed by atoms with E-state index >= 15 is 0 Å². The van der Waals surface area contributed by atoms with Gasteiger partial charge in [0.1, 0.15) is 0 Å². The van der Waals surface area contributed by atoms with Gasteiger partial charge in [0, 0.05) is 6.04 Å². The van der Waals surface area contributed by atoms with E-state index in [-0.39, 0.29) is 0 Å². The van der Waals surface area contributed by atoms with Crippen molar-refractivity contribution in [3.8, 4) is 24.7 Å². The first-order valence-corrected chi connectivity index (χ1v) is 4.99. The predicted molar refractivity (Wildman–Crippen MR) is 56.1 cm³/mol. The Morgan fingerprint density at radius 3 is 2.00 bits per heavy atom. The maximum absolute atomic E-state index is 5.31. The normalized spacial score (nSPS) is 18.1. The van der Waals surface area contributed by atoms with Crippen LogP contribution in [0.15, 0.2) is 0 Å². The molecule has 0 radical (unpaired) electrons. The fourth-order valence-corrected chi connectivity index (χ4v) is 1.99. The molecule has 0 spiro atoms. The SMILES string of the molecule is C#CCN(CC#C)C1CCCCC1. The van der Waals surface area contributed by atoms with E-state index in [0.717, 1.165) is 0 Å². The fourth-order valence-electron chi connectivity index (χ4n) is 1.99. The Morgan fingerprint density at radius 1 is 1.00 bits per heavy atom. The lowest BCUT2D eigenvalue weighted by Crippen LogP contribution is -2.37. The van der Waals surface area contributed by atoms with Crippen molar-refractivity contribution in [2.24, 2.45) is 0 Å². The summed E-state index contributed by atoms with van der Waals surface area (Å²) >= 11 is 0. The highest BCUT2D eigenvalue weighted by Crippen LogP contribution is 2.21.